The SMILES string of the molecule is COc1ccc2c(c1)C(=O)C(Sc1nc3ccccc3s1)C2. The van der Waals surface area contributed by atoms with Gasteiger partial charge in [0.05, 0.1) is 22.6 Å². The van der Waals surface area contributed by atoms with Crippen molar-refractivity contribution in [1.29, 1.82) is 0 Å². The molecule has 1 aliphatic rings. The Balaban J connectivity index is 1.61. The summed E-state index contributed by atoms with van der Waals surface area (Å²) in [7, 11) is 1.62. The van der Waals surface area contributed by atoms with Crippen LogP contribution in [0.25, 0.3) is 10.2 Å². The van der Waals surface area contributed by atoms with E-state index in [4.69, 9.17) is 4.74 Å². The van der Waals surface area contributed by atoms with E-state index in [0.717, 1.165) is 37.9 Å². The Bertz CT molecular complexity index is 839. The number of hydrogen-bond donors (Lipinski definition) is 0. The van der Waals surface area contributed by atoms with E-state index >= 15 is 0 Å². The topological polar surface area (TPSA) is 39.2 Å². The van der Waals surface area contributed by atoms with Crippen molar-refractivity contribution >= 4 is 39.1 Å². The van der Waals surface area contributed by atoms with Crippen LogP contribution < -0.4 is 4.74 Å². The van der Waals surface area contributed by atoms with Crippen molar-refractivity contribution in [3.8, 4) is 5.75 Å². The van der Waals surface area contributed by atoms with Crippen LogP contribution in [-0.4, -0.2) is 23.1 Å². The largest absolute Gasteiger partial charge is 0.497 e. The summed E-state index contributed by atoms with van der Waals surface area (Å²) in [5.74, 6) is 0.913. The quantitative estimate of drug-likeness (QED) is 0.722. The lowest BCUT2D eigenvalue weighted by Crippen LogP contribution is -2.10. The highest BCUT2D eigenvalue weighted by Gasteiger charge is 2.32. The van der Waals surface area contributed by atoms with E-state index < -0.39 is 0 Å². The van der Waals surface area contributed by atoms with Gasteiger partial charge in [-0.25, -0.2) is 4.98 Å². The third-order valence-corrected chi connectivity index (χ3v) is 6.13. The van der Waals surface area contributed by atoms with E-state index in [-0.39, 0.29) is 11.0 Å². The number of fused-ring (bicyclic) bond motifs is 2. The van der Waals surface area contributed by atoms with Crippen LogP contribution in [0.15, 0.2) is 46.8 Å². The third kappa shape index (κ3) is 2.30. The summed E-state index contributed by atoms with van der Waals surface area (Å²) in [4.78, 5) is 17.2. The molecule has 3 aromatic rings. The van der Waals surface area contributed by atoms with Gasteiger partial charge in [-0.3, -0.25) is 4.79 Å². The minimum atomic E-state index is -0.0809. The normalized spacial score (nSPS) is 17.0. The lowest BCUT2D eigenvalue weighted by Gasteiger charge is -2.03. The van der Waals surface area contributed by atoms with E-state index in [1.807, 2.05) is 36.4 Å². The minimum absolute atomic E-state index is 0.0809. The first kappa shape index (κ1) is 13.8. The summed E-state index contributed by atoms with van der Waals surface area (Å²) in [6.07, 6.45) is 0.763. The van der Waals surface area contributed by atoms with Gasteiger partial charge in [0.15, 0.2) is 10.1 Å². The molecule has 0 spiro atoms. The van der Waals surface area contributed by atoms with Gasteiger partial charge < -0.3 is 4.74 Å². The van der Waals surface area contributed by atoms with Crippen LogP contribution in [0.1, 0.15) is 15.9 Å². The first-order valence-electron chi connectivity index (χ1n) is 6.98. The summed E-state index contributed by atoms with van der Waals surface area (Å²) in [5, 5.41) is -0.0809. The highest BCUT2D eigenvalue weighted by atomic mass is 32.2. The molecule has 1 unspecified atom stereocenters. The van der Waals surface area contributed by atoms with E-state index in [2.05, 4.69) is 11.1 Å². The molecule has 1 heterocycles. The van der Waals surface area contributed by atoms with Crippen molar-refractivity contribution in [1.82, 2.24) is 4.98 Å². The minimum Gasteiger partial charge on any atom is -0.497 e. The molecule has 0 aliphatic heterocycles. The van der Waals surface area contributed by atoms with Crippen molar-refractivity contribution in [3.63, 3.8) is 0 Å². The number of ketones is 1. The van der Waals surface area contributed by atoms with Crippen LogP contribution in [0.2, 0.25) is 0 Å². The van der Waals surface area contributed by atoms with Crippen LogP contribution >= 0.6 is 23.1 Å². The van der Waals surface area contributed by atoms with Crippen molar-refractivity contribution in [2.24, 2.45) is 0 Å². The number of thioether (sulfide) groups is 1. The van der Waals surface area contributed by atoms with Gasteiger partial charge >= 0.3 is 0 Å². The zero-order valence-corrected chi connectivity index (χ0v) is 13.5. The van der Waals surface area contributed by atoms with Crippen molar-refractivity contribution in [2.45, 2.75) is 16.0 Å². The van der Waals surface area contributed by atoms with E-state index in [1.165, 1.54) is 0 Å². The fourth-order valence-corrected chi connectivity index (χ4v) is 5.07. The molecular formula is C17H13NO2S2. The van der Waals surface area contributed by atoms with E-state index in [1.54, 1.807) is 30.2 Å². The average molecular weight is 327 g/mol. The standard InChI is InChI=1S/C17H13NO2S2/c1-20-11-7-6-10-8-15(16(19)12(10)9-11)22-17-18-13-4-2-3-5-14(13)21-17/h2-7,9,15H,8H2,1H3. The molecule has 0 bridgehead atoms. The number of hydrogen-bond acceptors (Lipinski definition) is 5. The van der Waals surface area contributed by atoms with Gasteiger partial charge in [-0.1, -0.05) is 30.0 Å². The Labute approximate surface area is 136 Å². The number of para-hydroxylation sites is 1. The third-order valence-electron chi connectivity index (χ3n) is 3.80. The molecular weight excluding hydrogens is 314 g/mol. The number of carbonyl (C=O) groups excluding carboxylic acids is 1. The number of ether oxygens (including phenoxy) is 1. The van der Waals surface area contributed by atoms with Crippen LogP contribution in [0.5, 0.6) is 5.75 Å². The van der Waals surface area contributed by atoms with Gasteiger partial charge in [-0.2, -0.15) is 0 Å². The number of carbonyl (C=O) groups is 1. The fraction of sp³-hybridized carbons (Fsp3) is 0.176. The number of thiazole rings is 1. The molecule has 4 rings (SSSR count). The van der Waals surface area contributed by atoms with Gasteiger partial charge in [0, 0.05) is 5.56 Å². The molecule has 0 saturated carbocycles. The first-order chi connectivity index (χ1) is 10.7. The number of methoxy groups -OCH3 is 1. The zero-order valence-electron chi connectivity index (χ0n) is 11.9. The Morgan fingerprint density at radius 3 is 2.95 bits per heavy atom. The van der Waals surface area contributed by atoms with Gasteiger partial charge in [0.2, 0.25) is 0 Å². The molecule has 3 nitrogen and oxygen atoms in total. The molecule has 1 aliphatic carbocycles. The van der Waals surface area contributed by atoms with Gasteiger partial charge in [0.25, 0.3) is 0 Å². The van der Waals surface area contributed by atoms with Crippen LogP contribution in [0, 0.1) is 0 Å². The lowest BCUT2D eigenvalue weighted by atomic mass is 10.1. The van der Waals surface area contributed by atoms with Crippen molar-refractivity contribution < 1.29 is 9.53 Å². The van der Waals surface area contributed by atoms with Gasteiger partial charge in [0.1, 0.15) is 5.75 Å². The maximum Gasteiger partial charge on any atom is 0.176 e. The predicted octanol–water partition coefficient (Wildman–Crippen LogP) is 4.20. The second-order valence-electron chi connectivity index (χ2n) is 5.15. The van der Waals surface area contributed by atoms with Gasteiger partial charge in [-0.15, -0.1) is 11.3 Å². The van der Waals surface area contributed by atoms with E-state index in [9.17, 15) is 4.79 Å². The van der Waals surface area contributed by atoms with Crippen LogP contribution in [0.3, 0.4) is 0 Å². The summed E-state index contributed by atoms with van der Waals surface area (Å²) in [6, 6.07) is 13.8. The second-order valence-corrected chi connectivity index (χ2v) is 7.63. The summed E-state index contributed by atoms with van der Waals surface area (Å²) < 4.78 is 7.33. The molecule has 0 fully saturated rings. The fourth-order valence-electron chi connectivity index (χ4n) is 2.67. The van der Waals surface area contributed by atoms with Crippen molar-refractivity contribution in [3.05, 3.63) is 53.6 Å². The Hall–Kier alpha value is -1.85. The molecule has 1 atom stereocenters. The zero-order chi connectivity index (χ0) is 15.1. The summed E-state index contributed by atoms with van der Waals surface area (Å²) in [6.45, 7) is 0. The van der Waals surface area contributed by atoms with Crippen LogP contribution in [-0.2, 0) is 6.42 Å². The molecule has 110 valence electrons. The van der Waals surface area contributed by atoms with Crippen LogP contribution in [0.4, 0.5) is 0 Å². The van der Waals surface area contributed by atoms with Crippen molar-refractivity contribution in [2.75, 3.05) is 7.11 Å². The Kier molecular flexibility index (Phi) is 3.39. The number of aromatic nitrogens is 1. The first-order valence-corrected chi connectivity index (χ1v) is 8.67. The smallest absolute Gasteiger partial charge is 0.176 e. The maximum absolute atomic E-state index is 12.6. The number of rotatable bonds is 3. The second kappa shape index (κ2) is 5.41. The lowest BCUT2D eigenvalue weighted by molar-refractivity contribution is 0.1000. The molecule has 0 radical (unpaired) electrons. The molecule has 2 aromatic carbocycles. The summed E-state index contributed by atoms with van der Waals surface area (Å²) in [5.41, 5.74) is 2.89. The molecule has 0 amide bonds. The number of benzene rings is 2. The molecule has 0 N–H and O–H groups in total. The van der Waals surface area contributed by atoms with Gasteiger partial charge in [-0.05, 0) is 36.2 Å². The van der Waals surface area contributed by atoms with E-state index in [0.29, 0.717) is 0 Å². The average Bonchev–Trinajstić information content (AvgIpc) is 3.08. The molecule has 22 heavy (non-hydrogen) atoms. The molecule has 0 saturated heterocycles. The Morgan fingerprint density at radius 1 is 1.27 bits per heavy atom. The molecule has 1 aromatic heterocycles. The maximum atomic E-state index is 12.6. The number of Topliss-reactive ketones (excluding diaryl/α,β-unsaturated/α-hetero) is 1. The Morgan fingerprint density at radius 2 is 2.14 bits per heavy atom. The monoisotopic (exact) mass is 327 g/mol. The number of nitrogens with zero attached hydrogens (tertiary/aromatic N) is 1. The summed E-state index contributed by atoms with van der Waals surface area (Å²) >= 11 is 3.22. The predicted molar refractivity (Wildman–Crippen MR) is 90.3 cm³/mol. The highest BCUT2D eigenvalue weighted by Crippen LogP contribution is 2.38. The highest BCUT2D eigenvalue weighted by molar-refractivity contribution is 8.02. The molecule has 5 heteroatoms.